The third kappa shape index (κ3) is 7.15. The molecule has 1 aliphatic heterocycles. The van der Waals surface area contributed by atoms with Gasteiger partial charge in [0.15, 0.2) is 5.96 Å². The molecule has 1 aromatic carbocycles. The van der Waals surface area contributed by atoms with Gasteiger partial charge in [-0.2, -0.15) is 0 Å². The summed E-state index contributed by atoms with van der Waals surface area (Å²) in [6.45, 7) is 11.5. The minimum Gasteiger partial charge on any atom is -0.373 e. The number of aliphatic imine (C=N–C) groups is 1. The Morgan fingerprint density at radius 2 is 1.89 bits per heavy atom. The van der Waals surface area contributed by atoms with Gasteiger partial charge in [-0.15, -0.1) is 0 Å². The van der Waals surface area contributed by atoms with Crippen LogP contribution in [0.25, 0.3) is 0 Å². The summed E-state index contributed by atoms with van der Waals surface area (Å²) in [7, 11) is 0. The molecular weight excluding hydrogens is 352 g/mol. The lowest BCUT2D eigenvalue weighted by Gasteiger charge is -2.31. The van der Waals surface area contributed by atoms with E-state index in [1.54, 1.807) is 0 Å². The molecule has 156 valence electrons. The summed E-state index contributed by atoms with van der Waals surface area (Å²) in [5.74, 6) is 1.23. The maximum absolute atomic E-state index is 11.6. The summed E-state index contributed by atoms with van der Waals surface area (Å²) in [6.07, 6.45) is 2.30. The molecule has 1 aromatic rings. The molecule has 2 atom stereocenters. The Balaban J connectivity index is 1.91. The highest BCUT2D eigenvalue weighted by molar-refractivity contribution is 5.80. The Morgan fingerprint density at radius 3 is 2.57 bits per heavy atom. The maximum atomic E-state index is 11.6. The van der Waals surface area contributed by atoms with E-state index in [4.69, 9.17) is 9.73 Å². The molecule has 0 aliphatic carbocycles. The summed E-state index contributed by atoms with van der Waals surface area (Å²) < 4.78 is 6.10. The highest BCUT2D eigenvalue weighted by atomic mass is 16.5. The number of hydrogen-bond donors (Lipinski definition) is 3. The van der Waals surface area contributed by atoms with Crippen LogP contribution in [0.5, 0.6) is 0 Å². The molecule has 6 heteroatoms. The van der Waals surface area contributed by atoms with Gasteiger partial charge in [0.1, 0.15) is 0 Å². The van der Waals surface area contributed by atoms with Crippen LogP contribution in [0.15, 0.2) is 29.3 Å². The number of aryl methyl sites for hydroxylation is 1. The smallest absolute Gasteiger partial charge is 0.222 e. The molecule has 1 saturated heterocycles. The van der Waals surface area contributed by atoms with Gasteiger partial charge in [0.25, 0.3) is 0 Å². The molecule has 6 nitrogen and oxygen atoms in total. The van der Waals surface area contributed by atoms with Crippen molar-refractivity contribution < 1.29 is 9.53 Å². The number of hydrogen-bond acceptors (Lipinski definition) is 3. The Bertz CT molecular complexity index is 628. The number of rotatable bonds is 8. The predicted octanol–water partition coefficient (Wildman–Crippen LogP) is 2.79. The fourth-order valence-electron chi connectivity index (χ4n) is 3.28. The van der Waals surface area contributed by atoms with Crippen molar-refractivity contribution in [3.05, 3.63) is 35.4 Å². The number of nitrogens with one attached hydrogen (secondary N) is 3. The molecule has 0 radical (unpaired) electrons. The minimum atomic E-state index is 0.00640. The van der Waals surface area contributed by atoms with Crippen molar-refractivity contribution in [2.45, 2.75) is 46.6 Å². The maximum Gasteiger partial charge on any atom is 0.222 e. The lowest BCUT2D eigenvalue weighted by atomic mass is 9.89. The number of amides is 1. The van der Waals surface area contributed by atoms with Crippen molar-refractivity contribution in [1.82, 2.24) is 16.0 Å². The topological polar surface area (TPSA) is 74.8 Å². The molecule has 0 saturated carbocycles. The Morgan fingerprint density at radius 1 is 1.18 bits per heavy atom. The van der Waals surface area contributed by atoms with Gasteiger partial charge in [0, 0.05) is 44.6 Å². The van der Waals surface area contributed by atoms with E-state index in [0.717, 1.165) is 32.0 Å². The van der Waals surface area contributed by atoms with Crippen LogP contribution in [0.3, 0.4) is 0 Å². The van der Waals surface area contributed by atoms with Crippen molar-refractivity contribution in [3.63, 3.8) is 0 Å². The van der Waals surface area contributed by atoms with Gasteiger partial charge in [0.05, 0.1) is 6.10 Å². The Kier molecular flexibility index (Phi) is 9.28. The lowest BCUT2D eigenvalue weighted by molar-refractivity contribution is -0.123. The number of carbonyl (C=O) groups excluding carboxylic acids is 1. The number of nitrogens with zero attached hydrogens (tertiary/aromatic N) is 1. The van der Waals surface area contributed by atoms with Crippen molar-refractivity contribution in [1.29, 1.82) is 0 Å². The molecule has 1 fully saturated rings. The zero-order chi connectivity index (χ0) is 20.4. The first kappa shape index (κ1) is 22.2. The van der Waals surface area contributed by atoms with Crippen LogP contribution in [0.1, 0.15) is 50.8 Å². The van der Waals surface area contributed by atoms with E-state index < -0.39 is 0 Å². The van der Waals surface area contributed by atoms with Crippen LogP contribution >= 0.6 is 0 Å². The molecule has 0 aromatic heterocycles. The van der Waals surface area contributed by atoms with E-state index in [9.17, 15) is 4.79 Å². The Labute approximate surface area is 169 Å². The second-order valence-electron chi connectivity index (χ2n) is 7.70. The number of carbonyl (C=O) groups is 1. The quantitative estimate of drug-likeness (QED) is 0.364. The highest BCUT2D eigenvalue weighted by Crippen LogP contribution is 2.33. The first-order valence-corrected chi connectivity index (χ1v) is 10.5. The molecule has 1 aliphatic rings. The van der Waals surface area contributed by atoms with Crippen molar-refractivity contribution in [2.24, 2.45) is 16.8 Å². The number of ether oxygens (including phenoxy) is 1. The van der Waals surface area contributed by atoms with Crippen LogP contribution < -0.4 is 16.0 Å². The molecule has 2 unspecified atom stereocenters. The van der Waals surface area contributed by atoms with E-state index in [0.29, 0.717) is 25.6 Å². The molecule has 0 spiro atoms. The van der Waals surface area contributed by atoms with Gasteiger partial charge in [0.2, 0.25) is 5.91 Å². The summed E-state index contributed by atoms with van der Waals surface area (Å²) in [4.78, 5) is 16.4. The third-order valence-electron chi connectivity index (χ3n) is 4.92. The van der Waals surface area contributed by atoms with Crippen LogP contribution in [0, 0.1) is 18.8 Å². The SMILES string of the molecule is CCNC(=NCC1CCCOC1c1ccc(C)cc1)NCCNC(=O)C(C)C. The third-order valence-corrected chi connectivity index (χ3v) is 4.92. The lowest BCUT2D eigenvalue weighted by Crippen LogP contribution is -2.42. The summed E-state index contributed by atoms with van der Waals surface area (Å²) in [5.41, 5.74) is 2.50. The van der Waals surface area contributed by atoms with Crippen molar-refractivity contribution in [2.75, 3.05) is 32.8 Å². The second-order valence-corrected chi connectivity index (χ2v) is 7.70. The van der Waals surface area contributed by atoms with E-state index in [-0.39, 0.29) is 17.9 Å². The van der Waals surface area contributed by atoms with Gasteiger partial charge in [-0.1, -0.05) is 43.7 Å². The Hall–Kier alpha value is -2.08. The fourth-order valence-corrected chi connectivity index (χ4v) is 3.28. The predicted molar refractivity (Wildman–Crippen MR) is 114 cm³/mol. The number of benzene rings is 1. The molecular formula is C22H36N4O2. The van der Waals surface area contributed by atoms with E-state index in [1.165, 1.54) is 11.1 Å². The van der Waals surface area contributed by atoms with Gasteiger partial charge >= 0.3 is 0 Å². The van der Waals surface area contributed by atoms with E-state index in [1.807, 2.05) is 13.8 Å². The molecule has 2 rings (SSSR count). The highest BCUT2D eigenvalue weighted by Gasteiger charge is 2.27. The van der Waals surface area contributed by atoms with Crippen molar-refractivity contribution >= 4 is 11.9 Å². The average Bonchev–Trinajstić information content (AvgIpc) is 2.70. The minimum absolute atomic E-state index is 0.00640. The standard InChI is InChI=1S/C22H36N4O2/c1-5-23-22(25-13-12-24-21(27)16(2)3)26-15-19-7-6-14-28-20(19)18-10-8-17(4)9-11-18/h8-11,16,19-20H,5-7,12-15H2,1-4H3,(H,24,27)(H2,23,25,26). The fraction of sp³-hybridized carbons (Fsp3) is 0.636. The van der Waals surface area contributed by atoms with E-state index >= 15 is 0 Å². The molecule has 0 bridgehead atoms. The van der Waals surface area contributed by atoms with E-state index in [2.05, 4.69) is 54.1 Å². The molecule has 28 heavy (non-hydrogen) atoms. The first-order chi connectivity index (χ1) is 13.5. The summed E-state index contributed by atoms with van der Waals surface area (Å²) >= 11 is 0. The zero-order valence-electron chi connectivity index (χ0n) is 17.8. The van der Waals surface area contributed by atoms with Crippen LogP contribution in [0.4, 0.5) is 0 Å². The van der Waals surface area contributed by atoms with Crippen LogP contribution in [-0.2, 0) is 9.53 Å². The van der Waals surface area contributed by atoms with Crippen LogP contribution in [-0.4, -0.2) is 44.7 Å². The largest absolute Gasteiger partial charge is 0.373 e. The molecule has 3 N–H and O–H groups in total. The van der Waals surface area contributed by atoms with Gasteiger partial charge in [-0.05, 0) is 32.3 Å². The average molecular weight is 389 g/mol. The monoisotopic (exact) mass is 388 g/mol. The van der Waals surface area contributed by atoms with Gasteiger partial charge in [-0.3, -0.25) is 9.79 Å². The number of guanidine groups is 1. The van der Waals surface area contributed by atoms with Crippen LogP contribution in [0.2, 0.25) is 0 Å². The van der Waals surface area contributed by atoms with Gasteiger partial charge < -0.3 is 20.7 Å². The normalized spacial score (nSPS) is 20.1. The van der Waals surface area contributed by atoms with Crippen molar-refractivity contribution in [3.8, 4) is 0 Å². The first-order valence-electron chi connectivity index (χ1n) is 10.5. The van der Waals surface area contributed by atoms with Gasteiger partial charge in [-0.25, -0.2) is 0 Å². The molecule has 1 amide bonds. The molecule has 1 heterocycles. The summed E-state index contributed by atoms with van der Waals surface area (Å²) in [5, 5.41) is 9.49. The zero-order valence-corrected chi connectivity index (χ0v) is 17.8. The second kappa shape index (κ2) is 11.7. The summed E-state index contributed by atoms with van der Waals surface area (Å²) in [6, 6.07) is 8.63.